The number of amides is 1. The van der Waals surface area contributed by atoms with E-state index in [0.717, 1.165) is 50.5 Å². The first kappa shape index (κ1) is 20.5. The molecule has 0 unspecified atom stereocenters. The molecule has 7 nitrogen and oxygen atoms in total. The van der Waals surface area contributed by atoms with Gasteiger partial charge < -0.3 is 14.2 Å². The van der Waals surface area contributed by atoms with E-state index in [-0.39, 0.29) is 5.91 Å². The summed E-state index contributed by atoms with van der Waals surface area (Å²) in [5.74, 6) is 1.02. The van der Waals surface area contributed by atoms with Crippen molar-refractivity contribution in [3.8, 4) is 0 Å². The number of thioether (sulfide) groups is 1. The van der Waals surface area contributed by atoms with Crippen LogP contribution in [0.25, 0.3) is 11.0 Å². The predicted octanol–water partition coefficient (Wildman–Crippen LogP) is 4.69. The molecule has 0 N–H and O–H groups in total. The van der Waals surface area contributed by atoms with Gasteiger partial charge in [-0.1, -0.05) is 41.3 Å². The maximum absolute atomic E-state index is 13.5. The van der Waals surface area contributed by atoms with Crippen molar-refractivity contribution in [3.05, 3.63) is 52.2 Å². The molecule has 1 fully saturated rings. The Labute approximate surface area is 192 Å². The van der Waals surface area contributed by atoms with E-state index in [1.807, 2.05) is 47.7 Å². The van der Waals surface area contributed by atoms with Crippen molar-refractivity contribution in [2.45, 2.75) is 23.4 Å². The van der Waals surface area contributed by atoms with Gasteiger partial charge in [0.2, 0.25) is 0 Å². The van der Waals surface area contributed by atoms with E-state index in [1.54, 1.807) is 34.4 Å². The van der Waals surface area contributed by atoms with Gasteiger partial charge in [-0.15, -0.1) is 21.5 Å². The van der Waals surface area contributed by atoms with E-state index in [0.29, 0.717) is 24.6 Å². The maximum atomic E-state index is 13.5. The number of carbonyl (C=O) groups is 1. The first-order valence-corrected chi connectivity index (χ1v) is 12.7. The number of fused-ring (bicyclic) bond motifs is 1. The second kappa shape index (κ2) is 8.97. The van der Waals surface area contributed by atoms with Gasteiger partial charge in [0.15, 0.2) is 15.2 Å². The minimum Gasteiger partial charge on any atom is -0.451 e. The van der Waals surface area contributed by atoms with Crippen LogP contribution in [0, 0.1) is 6.92 Å². The van der Waals surface area contributed by atoms with Crippen molar-refractivity contribution in [1.29, 1.82) is 0 Å². The number of furan rings is 1. The third-order valence-electron chi connectivity index (χ3n) is 5.21. The summed E-state index contributed by atoms with van der Waals surface area (Å²) in [5, 5.41) is 13.2. The summed E-state index contributed by atoms with van der Waals surface area (Å²) in [6, 6.07) is 7.85. The van der Waals surface area contributed by atoms with Crippen molar-refractivity contribution in [2.75, 3.05) is 31.1 Å². The molecule has 0 spiro atoms. The van der Waals surface area contributed by atoms with Crippen LogP contribution in [0.4, 0.5) is 5.13 Å². The third-order valence-corrected chi connectivity index (χ3v) is 8.04. The summed E-state index contributed by atoms with van der Waals surface area (Å²) >= 11 is 4.79. The van der Waals surface area contributed by atoms with Gasteiger partial charge in [-0.2, -0.15) is 0 Å². The Balaban J connectivity index is 1.39. The number of hydrogen-bond donors (Lipinski definition) is 0. The fourth-order valence-corrected chi connectivity index (χ4v) is 6.25. The molecule has 1 saturated heterocycles. The summed E-state index contributed by atoms with van der Waals surface area (Å²) in [5.41, 5.74) is 1.67. The second-order valence-electron chi connectivity index (χ2n) is 7.23. The summed E-state index contributed by atoms with van der Waals surface area (Å²) in [4.78, 5) is 22.1. The maximum Gasteiger partial charge on any atom is 0.289 e. The first-order valence-electron chi connectivity index (χ1n) is 10.1. The van der Waals surface area contributed by atoms with E-state index in [1.165, 1.54) is 0 Å². The molecular formula is C21H21N5O2S3. The zero-order chi connectivity index (χ0) is 21.2. The number of thiazole rings is 1. The molecule has 3 aromatic heterocycles. The smallest absolute Gasteiger partial charge is 0.289 e. The monoisotopic (exact) mass is 471 g/mol. The second-order valence-corrected chi connectivity index (χ2v) is 10.5. The fourth-order valence-electron chi connectivity index (χ4n) is 3.71. The van der Waals surface area contributed by atoms with Gasteiger partial charge in [0.1, 0.15) is 10.6 Å². The zero-order valence-corrected chi connectivity index (χ0v) is 19.4. The van der Waals surface area contributed by atoms with Gasteiger partial charge in [-0.25, -0.2) is 4.98 Å². The topological polar surface area (TPSA) is 75.4 Å². The van der Waals surface area contributed by atoms with Crippen LogP contribution >= 0.6 is 34.4 Å². The molecule has 0 radical (unpaired) electrons. The van der Waals surface area contributed by atoms with Gasteiger partial charge in [-0.05, 0) is 19.4 Å². The van der Waals surface area contributed by atoms with Crippen LogP contribution in [0.2, 0.25) is 0 Å². The van der Waals surface area contributed by atoms with E-state index < -0.39 is 0 Å². The minimum absolute atomic E-state index is 0.0405. The van der Waals surface area contributed by atoms with Crippen LogP contribution in [0.1, 0.15) is 27.5 Å². The number of benzene rings is 1. The number of aryl methyl sites for hydroxylation is 1. The molecule has 0 atom stereocenters. The summed E-state index contributed by atoms with van der Waals surface area (Å²) in [7, 11) is 0. The molecule has 4 aromatic rings. The lowest BCUT2D eigenvalue weighted by atomic mass is 10.1. The molecule has 0 bridgehead atoms. The number of para-hydroxylation sites is 1. The molecule has 160 valence electrons. The highest BCUT2D eigenvalue weighted by Gasteiger charge is 2.27. The van der Waals surface area contributed by atoms with E-state index >= 15 is 0 Å². The number of anilines is 1. The molecule has 1 aromatic carbocycles. The average molecular weight is 472 g/mol. The van der Waals surface area contributed by atoms with Crippen molar-refractivity contribution < 1.29 is 9.21 Å². The van der Waals surface area contributed by atoms with Crippen molar-refractivity contribution >= 4 is 56.4 Å². The number of hydrogen-bond acceptors (Lipinski definition) is 9. The Hall–Kier alpha value is -2.43. The lowest BCUT2D eigenvalue weighted by Crippen LogP contribution is -2.35. The van der Waals surface area contributed by atoms with Crippen LogP contribution in [0.15, 0.2) is 44.6 Å². The van der Waals surface area contributed by atoms with E-state index in [9.17, 15) is 4.79 Å². The first-order chi connectivity index (χ1) is 15.2. The van der Waals surface area contributed by atoms with E-state index in [4.69, 9.17) is 4.42 Å². The van der Waals surface area contributed by atoms with Crippen molar-refractivity contribution in [2.24, 2.45) is 0 Å². The average Bonchev–Trinajstić information content (AvgIpc) is 3.49. The Kier molecular flexibility index (Phi) is 5.93. The Bertz CT molecular complexity index is 1190. The molecule has 10 heteroatoms. The van der Waals surface area contributed by atoms with Gasteiger partial charge in [0.25, 0.3) is 5.91 Å². The number of carbonyl (C=O) groups excluding carboxylic acids is 1. The fraction of sp³-hybridized carbons (Fsp3) is 0.333. The van der Waals surface area contributed by atoms with Crippen LogP contribution < -0.4 is 4.90 Å². The van der Waals surface area contributed by atoms with Gasteiger partial charge in [-0.3, -0.25) is 4.79 Å². The highest BCUT2D eigenvalue weighted by molar-refractivity contribution is 8.00. The molecule has 31 heavy (non-hydrogen) atoms. The minimum atomic E-state index is -0.0405. The lowest BCUT2D eigenvalue weighted by molar-refractivity contribution is 0.0736. The molecule has 1 amide bonds. The highest BCUT2D eigenvalue weighted by Crippen LogP contribution is 2.34. The summed E-state index contributed by atoms with van der Waals surface area (Å²) in [6.07, 6.45) is 2.73. The van der Waals surface area contributed by atoms with Gasteiger partial charge in [0.05, 0.1) is 0 Å². The van der Waals surface area contributed by atoms with Gasteiger partial charge >= 0.3 is 0 Å². The Morgan fingerprint density at radius 1 is 1.19 bits per heavy atom. The largest absolute Gasteiger partial charge is 0.451 e. The summed E-state index contributed by atoms with van der Waals surface area (Å²) in [6.45, 7) is 4.97. The summed E-state index contributed by atoms with van der Waals surface area (Å²) < 4.78 is 6.98. The highest BCUT2D eigenvalue weighted by atomic mass is 32.2. The number of aromatic nitrogens is 3. The molecule has 1 aliphatic rings. The Morgan fingerprint density at radius 2 is 2.10 bits per heavy atom. The normalized spacial score (nSPS) is 14.9. The molecule has 1 aliphatic heterocycles. The SMILES string of the molecule is Cc1nnc(SCc2c(C(=O)N3CCCN(c4nccs4)CC3)oc3ccccc23)s1. The standard InChI is InChI=1S/C21H21N5O2S3/c1-14-23-24-21(31-14)30-13-16-15-5-2-3-6-17(15)28-18(16)19(27)25-8-4-9-26(11-10-25)20-22-7-12-29-20/h2-3,5-7,12H,4,8-11,13H2,1H3. The molecule has 4 heterocycles. The van der Waals surface area contributed by atoms with E-state index in [2.05, 4.69) is 20.1 Å². The zero-order valence-electron chi connectivity index (χ0n) is 17.0. The third kappa shape index (κ3) is 4.32. The van der Waals surface area contributed by atoms with Gasteiger partial charge in [0, 0.05) is 54.5 Å². The molecule has 0 saturated carbocycles. The Morgan fingerprint density at radius 3 is 2.90 bits per heavy atom. The quantitative estimate of drug-likeness (QED) is 0.391. The predicted molar refractivity (Wildman–Crippen MR) is 125 cm³/mol. The molecule has 5 rings (SSSR count). The van der Waals surface area contributed by atoms with Crippen LogP contribution in [0.3, 0.4) is 0 Å². The molecule has 0 aliphatic carbocycles. The van der Waals surface area contributed by atoms with Crippen LogP contribution in [0.5, 0.6) is 0 Å². The van der Waals surface area contributed by atoms with Crippen molar-refractivity contribution in [1.82, 2.24) is 20.1 Å². The van der Waals surface area contributed by atoms with Crippen molar-refractivity contribution in [3.63, 3.8) is 0 Å². The lowest BCUT2D eigenvalue weighted by Gasteiger charge is -2.21. The number of nitrogens with zero attached hydrogens (tertiary/aromatic N) is 5. The van der Waals surface area contributed by atoms with Crippen LogP contribution in [-0.4, -0.2) is 52.2 Å². The molecular weight excluding hydrogens is 450 g/mol. The van der Waals surface area contributed by atoms with Crippen LogP contribution in [-0.2, 0) is 5.75 Å². The number of rotatable bonds is 5.